The number of carbonyl (C=O) groups is 1. The third-order valence-corrected chi connectivity index (χ3v) is 4.28. The Morgan fingerprint density at radius 1 is 1.50 bits per heavy atom. The van der Waals surface area contributed by atoms with Gasteiger partial charge in [0.1, 0.15) is 5.76 Å². The van der Waals surface area contributed by atoms with Crippen LogP contribution in [0.2, 0.25) is 0 Å². The Hall–Kier alpha value is -2.22. The number of nitrogens with zero attached hydrogens (tertiary/aromatic N) is 5. The summed E-state index contributed by atoms with van der Waals surface area (Å²) in [5.41, 5.74) is 0. The van der Waals surface area contributed by atoms with E-state index in [-0.39, 0.29) is 11.9 Å². The van der Waals surface area contributed by atoms with Gasteiger partial charge in [-0.1, -0.05) is 12.1 Å². The monoisotopic (exact) mass is 333 g/mol. The smallest absolute Gasteiger partial charge is 0.223 e. The molecule has 8 heteroatoms. The zero-order valence-electron chi connectivity index (χ0n) is 14.4. The number of hydrogen-bond donors (Lipinski definition) is 0. The molecule has 0 aromatic carbocycles. The standard InChI is InChI=1S/C16H23N5O3/c1-4-14-7-17-16(23-14)10-20-6-5-13(8-20)21(12(3)22)9-15-18-11(2)24-19-15/h7,13H,4-6,8-10H2,1-3H3/t13-/m0/s1. The molecule has 1 saturated heterocycles. The van der Waals surface area contributed by atoms with Crippen molar-refractivity contribution in [2.24, 2.45) is 0 Å². The van der Waals surface area contributed by atoms with E-state index < -0.39 is 0 Å². The fraction of sp³-hybridized carbons (Fsp3) is 0.625. The maximum Gasteiger partial charge on any atom is 0.223 e. The Morgan fingerprint density at radius 2 is 2.33 bits per heavy atom. The second-order valence-corrected chi connectivity index (χ2v) is 6.13. The summed E-state index contributed by atoms with van der Waals surface area (Å²) >= 11 is 0. The SMILES string of the molecule is CCc1cnc(CN2CC[C@H](N(Cc3noc(C)n3)C(C)=O)C2)o1. The van der Waals surface area contributed by atoms with Crippen molar-refractivity contribution in [3.05, 3.63) is 29.6 Å². The van der Waals surface area contributed by atoms with E-state index in [9.17, 15) is 4.79 Å². The van der Waals surface area contributed by atoms with Gasteiger partial charge in [-0.15, -0.1) is 0 Å². The molecule has 8 nitrogen and oxygen atoms in total. The second kappa shape index (κ2) is 7.12. The van der Waals surface area contributed by atoms with Crippen LogP contribution in [0.5, 0.6) is 0 Å². The number of carbonyl (C=O) groups excluding carboxylic acids is 1. The highest BCUT2D eigenvalue weighted by atomic mass is 16.5. The molecular formula is C16H23N5O3. The van der Waals surface area contributed by atoms with Gasteiger partial charge in [0.25, 0.3) is 0 Å². The normalized spacial score (nSPS) is 18.2. The Kier molecular flexibility index (Phi) is 4.94. The van der Waals surface area contributed by atoms with Gasteiger partial charge >= 0.3 is 0 Å². The van der Waals surface area contributed by atoms with Crippen LogP contribution in [-0.2, 0) is 24.3 Å². The lowest BCUT2D eigenvalue weighted by atomic mass is 10.2. The number of aromatic nitrogens is 3. The van der Waals surface area contributed by atoms with E-state index in [1.165, 1.54) is 0 Å². The molecule has 0 bridgehead atoms. The van der Waals surface area contributed by atoms with Crippen LogP contribution in [0, 0.1) is 6.92 Å². The van der Waals surface area contributed by atoms with Gasteiger partial charge in [0.05, 0.1) is 19.3 Å². The van der Waals surface area contributed by atoms with Crippen molar-refractivity contribution < 1.29 is 13.7 Å². The van der Waals surface area contributed by atoms with E-state index >= 15 is 0 Å². The molecular weight excluding hydrogens is 310 g/mol. The van der Waals surface area contributed by atoms with Gasteiger partial charge < -0.3 is 13.8 Å². The molecule has 3 heterocycles. The van der Waals surface area contributed by atoms with Crippen molar-refractivity contribution in [1.82, 2.24) is 24.9 Å². The molecule has 24 heavy (non-hydrogen) atoms. The van der Waals surface area contributed by atoms with E-state index in [1.807, 2.05) is 11.8 Å². The minimum Gasteiger partial charge on any atom is -0.444 e. The fourth-order valence-corrected chi connectivity index (χ4v) is 3.04. The molecule has 0 N–H and O–H groups in total. The number of hydrogen-bond acceptors (Lipinski definition) is 7. The van der Waals surface area contributed by atoms with Crippen LogP contribution in [0.4, 0.5) is 0 Å². The first kappa shape index (κ1) is 16.6. The lowest BCUT2D eigenvalue weighted by molar-refractivity contribution is -0.131. The maximum atomic E-state index is 12.0. The van der Waals surface area contributed by atoms with Crippen LogP contribution in [0.25, 0.3) is 0 Å². The van der Waals surface area contributed by atoms with Crippen LogP contribution in [-0.4, -0.2) is 50.0 Å². The quantitative estimate of drug-likeness (QED) is 0.792. The summed E-state index contributed by atoms with van der Waals surface area (Å²) in [5, 5.41) is 3.89. The van der Waals surface area contributed by atoms with Crippen LogP contribution < -0.4 is 0 Å². The summed E-state index contributed by atoms with van der Waals surface area (Å²) in [6.45, 7) is 8.11. The zero-order valence-corrected chi connectivity index (χ0v) is 14.4. The first-order valence-electron chi connectivity index (χ1n) is 8.27. The molecule has 1 aliphatic heterocycles. The summed E-state index contributed by atoms with van der Waals surface area (Å²) < 4.78 is 10.7. The van der Waals surface area contributed by atoms with Crippen molar-refractivity contribution >= 4 is 5.91 Å². The van der Waals surface area contributed by atoms with Gasteiger partial charge in [-0.3, -0.25) is 9.69 Å². The van der Waals surface area contributed by atoms with Gasteiger partial charge in [-0.2, -0.15) is 4.98 Å². The van der Waals surface area contributed by atoms with Crippen molar-refractivity contribution in [3.63, 3.8) is 0 Å². The first-order chi connectivity index (χ1) is 11.5. The molecule has 1 fully saturated rings. The van der Waals surface area contributed by atoms with Crippen LogP contribution in [0.3, 0.4) is 0 Å². The number of rotatable bonds is 6. The topological polar surface area (TPSA) is 88.5 Å². The van der Waals surface area contributed by atoms with Gasteiger partial charge in [0.2, 0.25) is 17.7 Å². The van der Waals surface area contributed by atoms with E-state index in [0.29, 0.717) is 24.8 Å². The minimum absolute atomic E-state index is 0.0219. The Labute approximate surface area is 140 Å². The molecule has 0 radical (unpaired) electrons. The molecule has 1 aliphatic rings. The Balaban J connectivity index is 1.60. The Morgan fingerprint density at radius 3 is 2.96 bits per heavy atom. The van der Waals surface area contributed by atoms with Crippen molar-refractivity contribution in [2.45, 2.75) is 52.7 Å². The molecule has 3 rings (SSSR count). The highest BCUT2D eigenvalue weighted by Crippen LogP contribution is 2.20. The lowest BCUT2D eigenvalue weighted by Gasteiger charge is -2.26. The lowest BCUT2D eigenvalue weighted by Crippen LogP contribution is -2.40. The highest BCUT2D eigenvalue weighted by Gasteiger charge is 2.30. The highest BCUT2D eigenvalue weighted by molar-refractivity contribution is 5.73. The molecule has 0 aliphatic carbocycles. The maximum absolute atomic E-state index is 12.0. The minimum atomic E-state index is 0.0219. The van der Waals surface area contributed by atoms with E-state index in [0.717, 1.165) is 37.6 Å². The van der Waals surface area contributed by atoms with Crippen LogP contribution >= 0.6 is 0 Å². The van der Waals surface area contributed by atoms with Gasteiger partial charge in [-0.25, -0.2) is 4.98 Å². The average Bonchev–Trinajstić information content (AvgIpc) is 3.26. The largest absolute Gasteiger partial charge is 0.444 e. The molecule has 1 amide bonds. The predicted octanol–water partition coefficient (Wildman–Crippen LogP) is 1.55. The number of oxazole rings is 1. The summed E-state index contributed by atoms with van der Waals surface area (Å²) in [6, 6.07) is 0.141. The van der Waals surface area contributed by atoms with Gasteiger partial charge in [-0.05, 0) is 6.42 Å². The second-order valence-electron chi connectivity index (χ2n) is 6.13. The number of amides is 1. The van der Waals surface area contributed by atoms with E-state index in [2.05, 4.69) is 20.0 Å². The van der Waals surface area contributed by atoms with Gasteiger partial charge in [0.15, 0.2) is 5.82 Å². The Bertz CT molecular complexity index is 695. The summed E-state index contributed by atoms with van der Waals surface area (Å²) in [5.74, 6) is 2.71. The third kappa shape index (κ3) is 3.81. The molecule has 2 aromatic rings. The fourth-order valence-electron chi connectivity index (χ4n) is 3.04. The van der Waals surface area contributed by atoms with E-state index in [1.54, 1.807) is 20.0 Å². The van der Waals surface area contributed by atoms with E-state index in [4.69, 9.17) is 8.94 Å². The molecule has 130 valence electrons. The molecule has 2 aromatic heterocycles. The van der Waals surface area contributed by atoms with Crippen LogP contribution in [0.1, 0.15) is 43.6 Å². The third-order valence-electron chi connectivity index (χ3n) is 4.28. The van der Waals surface area contributed by atoms with Gasteiger partial charge in [0, 0.05) is 39.4 Å². The number of aryl methyl sites for hydroxylation is 2. The molecule has 0 saturated carbocycles. The van der Waals surface area contributed by atoms with Crippen molar-refractivity contribution in [1.29, 1.82) is 0 Å². The van der Waals surface area contributed by atoms with Crippen molar-refractivity contribution in [2.75, 3.05) is 13.1 Å². The summed E-state index contributed by atoms with van der Waals surface area (Å²) in [7, 11) is 0. The molecule has 0 spiro atoms. The molecule has 0 unspecified atom stereocenters. The zero-order chi connectivity index (χ0) is 17.1. The van der Waals surface area contributed by atoms with Crippen molar-refractivity contribution in [3.8, 4) is 0 Å². The molecule has 1 atom stereocenters. The summed E-state index contributed by atoms with van der Waals surface area (Å²) in [4.78, 5) is 24.6. The first-order valence-corrected chi connectivity index (χ1v) is 8.27. The number of likely N-dealkylation sites (tertiary alicyclic amines) is 1. The average molecular weight is 333 g/mol. The summed E-state index contributed by atoms with van der Waals surface area (Å²) in [6.07, 6.45) is 3.54. The van der Waals surface area contributed by atoms with Crippen LogP contribution in [0.15, 0.2) is 15.1 Å². The predicted molar refractivity (Wildman–Crippen MR) is 84.8 cm³/mol.